The Labute approximate surface area is 147 Å². The van der Waals surface area contributed by atoms with Gasteiger partial charge in [-0.2, -0.15) is 0 Å². The summed E-state index contributed by atoms with van der Waals surface area (Å²) in [6.07, 6.45) is 3.23. The third-order valence-corrected chi connectivity index (χ3v) is 5.57. The SMILES string of the molecule is COCC1CC2(CCN(C(=O)c3ccc4ccccc4n3)CC2)CO1. The number of benzene rings is 1. The van der Waals surface area contributed by atoms with Crippen LogP contribution in [0.15, 0.2) is 36.4 Å². The molecule has 0 aliphatic carbocycles. The molecule has 2 aliphatic heterocycles. The van der Waals surface area contributed by atoms with E-state index in [1.165, 1.54) is 0 Å². The van der Waals surface area contributed by atoms with Crippen molar-refractivity contribution in [2.75, 3.05) is 33.4 Å². The quantitative estimate of drug-likeness (QED) is 0.862. The standard InChI is InChI=1S/C20H24N2O3/c1-24-13-16-12-20(14-25-16)8-10-22(11-9-20)19(23)18-7-6-15-4-2-3-5-17(15)21-18/h2-7,16H,8-14H2,1H3. The van der Waals surface area contributed by atoms with Crippen LogP contribution in [0.2, 0.25) is 0 Å². The van der Waals surface area contributed by atoms with E-state index in [-0.39, 0.29) is 17.4 Å². The third kappa shape index (κ3) is 3.26. The molecule has 5 heteroatoms. The fourth-order valence-corrected chi connectivity index (χ4v) is 4.07. The highest BCUT2D eigenvalue weighted by atomic mass is 16.5. The molecule has 25 heavy (non-hydrogen) atoms. The Morgan fingerprint density at radius 2 is 2.08 bits per heavy atom. The topological polar surface area (TPSA) is 51.7 Å². The van der Waals surface area contributed by atoms with Gasteiger partial charge in [-0.1, -0.05) is 24.3 Å². The van der Waals surface area contributed by atoms with Gasteiger partial charge in [-0.25, -0.2) is 4.98 Å². The summed E-state index contributed by atoms with van der Waals surface area (Å²) in [7, 11) is 1.71. The molecule has 1 spiro atoms. The van der Waals surface area contributed by atoms with Crippen LogP contribution in [0, 0.1) is 5.41 Å². The maximum Gasteiger partial charge on any atom is 0.272 e. The Bertz CT molecular complexity index is 768. The number of rotatable bonds is 3. The minimum absolute atomic E-state index is 0.0351. The molecule has 1 aromatic carbocycles. The molecular formula is C20H24N2O3. The maximum atomic E-state index is 12.8. The molecule has 0 bridgehead atoms. The summed E-state index contributed by atoms with van der Waals surface area (Å²) < 4.78 is 11.1. The number of methoxy groups -OCH3 is 1. The van der Waals surface area contributed by atoms with E-state index in [0.717, 1.165) is 49.9 Å². The number of likely N-dealkylation sites (tertiary alicyclic amines) is 1. The number of piperidine rings is 1. The van der Waals surface area contributed by atoms with E-state index in [2.05, 4.69) is 4.98 Å². The van der Waals surface area contributed by atoms with E-state index in [1.54, 1.807) is 7.11 Å². The lowest BCUT2D eigenvalue weighted by atomic mass is 9.76. The van der Waals surface area contributed by atoms with Crippen LogP contribution < -0.4 is 0 Å². The van der Waals surface area contributed by atoms with E-state index in [4.69, 9.17) is 9.47 Å². The molecule has 0 radical (unpaired) electrons. The molecule has 2 aliphatic rings. The monoisotopic (exact) mass is 340 g/mol. The lowest BCUT2D eigenvalue weighted by molar-refractivity contribution is 0.0280. The van der Waals surface area contributed by atoms with Crippen LogP contribution in [0.1, 0.15) is 29.8 Å². The second-order valence-corrected chi connectivity index (χ2v) is 7.27. The van der Waals surface area contributed by atoms with Crippen LogP contribution in [-0.4, -0.2) is 55.3 Å². The third-order valence-electron chi connectivity index (χ3n) is 5.57. The van der Waals surface area contributed by atoms with Gasteiger partial charge in [-0.15, -0.1) is 0 Å². The molecule has 3 heterocycles. The summed E-state index contributed by atoms with van der Waals surface area (Å²) in [5, 5.41) is 1.06. The molecule has 4 rings (SSSR count). The Kier molecular flexibility index (Phi) is 4.44. The van der Waals surface area contributed by atoms with Crippen LogP contribution in [0.3, 0.4) is 0 Å². The number of ether oxygens (including phenoxy) is 2. The first-order valence-electron chi connectivity index (χ1n) is 8.95. The molecular weight excluding hydrogens is 316 g/mol. The molecule has 2 saturated heterocycles. The van der Waals surface area contributed by atoms with Crippen LogP contribution in [0.25, 0.3) is 10.9 Å². The highest BCUT2D eigenvalue weighted by molar-refractivity contribution is 5.95. The highest BCUT2D eigenvalue weighted by Crippen LogP contribution is 2.42. The van der Waals surface area contributed by atoms with Gasteiger partial charge in [0, 0.05) is 25.6 Å². The largest absolute Gasteiger partial charge is 0.382 e. The van der Waals surface area contributed by atoms with Crippen molar-refractivity contribution in [2.45, 2.75) is 25.4 Å². The van der Waals surface area contributed by atoms with Crippen molar-refractivity contribution in [3.8, 4) is 0 Å². The van der Waals surface area contributed by atoms with Crippen LogP contribution in [-0.2, 0) is 9.47 Å². The number of hydrogen-bond acceptors (Lipinski definition) is 4. The molecule has 1 atom stereocenters. The van der Waals surface area contributed by atoms with Gasteiger partial charge < -0.3 is 14.4 Å². The summed E-state index contributed by atoms with van der Waals surface area (Å²) in [5.74, 6) is 0.0351. The highest BCUT2D eigenvalue weighted by Gasteiger charge is 2.43. The van der Waals surface area contributed by atoms with E-state index < -0.39 is 0 Å². The number of hydrogen-bond donors (Lipinski definition) is 0. The predicted octanol–water partition coefficient (Wildman–Crippen LogP) is 2.89. The number of fused-ring (bicyclic) bond motifs is 1. The fraction of sp³-hybridized carbons (Fsp3) is 0.500. The van der Waals surface area contributed by atoms with E-state index in [0.29, 0.717) is 12.3 Å². The number of carbonyl (C=O) groups is 1. The van der Waals surface area contributed by atoms with Crippen molar-refractivity contribution in [2.24, 2.45) is 5.41 Å². The summed E-state index contributed by atoms with van der Waals surface area (Å²) in [6.45, 7) is 3.00. The van der Waals surface area contributed by atoms with Crippen LogP contribution in [0.5, 0.6) is 0 Å². The van der Waals surface area contributed by atoms with Crippen molar-refractivity contribution in [3.63, 3.8) is 0 Å². The van der Waals surface area contributed by atoms with Gasteiger partial charge in [-0.05, 0) is 36.8 Å². The van der Waals surface area contributed by atoms with Gasteiger partial charge in [0.2, 0.25) is 0 Å². The second-order valence-electron chi connectivity index (χ2n) is 7.27. The summed E-state index contributed by atoms with van der Waals surface area (Å²) in [6, 6.07) is 11.7. The molecule has 0 saturated carbocycles. The number of para-hydroxylation sites is 1. The van der Waals surface area contributed by atoms with Crippen molar-refractivity contribution < 1.29 is 14.3 Å². The van der Waals surface area contributed by atoms with Crippen molar-refractivity contribution >= 4 is 16.8 Å². The van der Waals surface area contributed by atoms with Gasteiger partial charge >= 0.3 is 0 Å². The normalized spacial score (nSPS) is 22.6. The Morgan fingerprint density at radius 3 is 2.88 bits per heavy atom. The zero-order chi connectivity index (χ0) is 17.3. The zero-order valence-corrected chi connectivity index (χ0v) is 14.6. The van der Waals surface area contributed by atoms with Crippen molar-refractivity contribution in [1.29, 1.82) is 0 Å². The number of amides is 1. The van der Waals surface area contributed by atoms with Crippen LogP contribution >= 0.6 is 0 Å². The lowest BCUT2D eigenvalue weighted by Crippen LogP contribution is -2.43. The number of carbonyl (C=O) groups excluding carboxylic acids is 1. The second kappa shape index (κ2) is 6.73. The van der Waals surface area contributed by atoms with Crippen LogP contribution in [0.4, 0.5) is 0 Å². The minimum Gasteiger partial charge on any atom is -0.382 e. The number of nitrogens with zero attached hydrogens (tertiary/aromatic N) is 2. The lowest BCUT2D eigenvalue weighted by Gasteiger charge is -2.38. The van der Waals surface area contributed by atoms with Gasteiger partial charge in [0.25, 0.3) is 5.91 Å². The van der Waals surface area contributed by atoms with E-state index in [9.17, 15) is 4.79 Å². The first kappa shape index (κ1) is 16.5. The number of pyridine rings is 1. The molecule has 1 unspecified atom stereocenters. The predicted molar refractivity (Wildman–Crippen MR) is 95.5 cm³/mol. The van der Waals surface area contributed by atoms with Gasteiger partial charge in [-0.3, -0.25) is 4.79 Å². The van der Waals surface area contributed by atoms with Gasteiger partial charge in [0.1, 0.15) is 5.69 Å². The average molecular weight is 340 g/mol. The maximum absolute atomic E-state index is 12.8. The van der Waals surface area contributed by atoms with E-state index in [1.807, 2.05) is 41.3 Å². The minimum atomic E-state index is 0.0351. The molecule has 1 amide bonds. The summed E-state index contributed by atoms with van der Waals surface area (Å²) >= 11 is 0. The Balaban J connectivity index is 1.42. The molecule has 132 valence electrons. The fourth-order valence-electron chi connectivity index (χ4n) is 4.07. The zero-order valence-electron chi connectivity index (χ0n) is 14.6. The summed E-state index contributed by atoms with van der Waals surface area (Å²) in [5.41, 5.74) is 1.62. The molecule has 2 aromatic rings. The molecule has 1 aromatic heterocycles. The van der Waals surface area contributed by atoms with Crippen molar-refractivity contribution in [1.82, 2.24) is 9.88 Å². The Hall–Kier alpha value is -1.98. The molecule has 5 nitrogen and oxygen atoms in total. The first-order valence-corrected chi connectivity index (χ1v) is 8.95. The summed E-state index contributed by atoms with van der Waals surface area (Å²) in [4.78, 5) is 19.3. The van der Waals surface area contributed by atoms with Crippen molar-refractivity contribution in [3.05, 3.63) is 42.1 Å². The number of aromatic nitrogens is 1. The van der Waals surface area contributed by atoms with Gasteiger partial charge in [0.05, 0.1) is 24.8 Å². The molecule has 0 N–H and O–H groups in total. The van der Waals surface area contributed by atoms with Gasteiger partial charge in [0.15, 0.2) is 0 Å². The Morgan fingerprint density at radius 1 is 1.28 bits per heavy atom. The smallest absolute Gasteiger partial charge is 0.272 e. The molecule has 2 fully saturated rings. The van der Waals surface area contributed by atoms with E-state index >= 15 is 0 Å². The average Bonchev–Trinajstić information content (AvgIpc) is 3.04. The first-order chi connectivity index (χ1) is 12.2.